The first kappa shape index (κ1) is 15.1. The molecule has 0 saturated carbocycles. The van der Waals surface area contributed by atoms with Gasteiger partial charge in [-0.15, -0.1) is 11.8 Å². The van der Waals surface area contributed by atoms with Crippen molar-refractivity contribution in [2.75, 3.05) is 13.4 Å². The maximum Gasteiger partial charge on any atom is 0.270 e. The molecule has 0 aliphatic rings. The number of nitrogens with zero attached hydrogens (tertiary/aromatic N) is 2. The lowest BCUT2D eigenvalue weighted by atomic mass is 10.2. The fourth-order valence-electron chi connectivity index (χ4n) is 1.75. The van der Waals surface area contributed by atoms with Crippen LogP contribution < -0.4 is 4.74 Å². The van der Waals surface area contributed by atoms with Crippen molar-refractivity contribution in [2.24, 2.45) is 4.99 Å². The molecule has 6 heteroatoms. The second-order valence-corrected chi connectivity index (χ2v) is 4.99. The minimum absolute atomic E-state index is 0.0592. The molecule has 0 aliphatic carbocycles. The van der Waals surface area contributed by atoms with E-state index in [0.29, 0.717) is 0 Å². The zero-order valence-electron chi connectivity index (χ0n) is 11.6. The van der Waals surface area contributed by atoms with Crippen molar-refractivity contribution in [3.05, 3.63) is 58.1 Å². The highest BCUT2D eigenvalue weighted by Crippen LogP contribution is 2.25. The Morgan fingerprint density at radius 3 is 2.52 bits per heavy atom. The fraction of sp³-hybridized carbons (Fsp3) is 0.133. The molecule has 0 aromatic heterocycles. The quantitative estimate of drug-likeness (QED) is 0.361. The normalized spacial score (nSPS) is 10.8. The van der Waals surface area contributed by atoms with E-state index in [4.69, 9.17) is 4.74 Å². The third-order valence-electron chi connectivity index (χ3n) is 2.85. The zero-order valence-corrected chi connectivity index (χ0v) is 12.5. The molecule has 0 amide bonds. The van der Waals surface area contributed by atoms with E-state index in [-0.39, 0.29) is 5.69 Å². The molecule has 2 rings (SSSR count). The summed E-state index contributed by atoms with van der Waals surface area (Å²) in [7, 11) is 1.60. The SMILES string of the molecule is COc1ccc(N=Cc2cc([N+](=O)[O-])ccc2SC)cc1. The van der Waals surface area contributed by atoms with E-state index in [1.54, 1.807) is 19.4 Å². The first-order valence-electron chi connectivity index (χ1n) is 6.14. The highest BCUT2D eigenvalue weighted by molar-refractivity contribution is 7.98. The monoisotopic (exact) mass is 302 g/mol. The summed E-state index contributed by atoms with van der Waals surface area (Å²) >= 11 is 1.52. The minimum atomic E-state index is -0.408. The number of non-ortho nitro benzene ring substituents is 1. The molecule has 0 bridgehead atoms. The lowest BCUT2D eigenvalue weighted by Gasteiger charge is -2.02. The molecule has 5 nitrogen and oxygen atoms in total. The number of aliphatic imine (C=N–C) groups is 1. The molecule has 0 saturated heterocycles. The van der Waals surface area contributed by atoms with Gasteiger partial charge < -0.3 is 4.74 Å². The third kappa shape index (κ3) is 3.82. The number of hydrogen-bond donors (Lipinski definition) is 0. The average molecular weight is 302 g/mol. The lowest BCUT2D eigenvalue weighted by Crippen LogP contribution is -1.92. The van der Waals surface area contributed by atoms with Crippen LogP contribution in [0.3, 0.4) is 0 Å². The zero-order chi connectivity index (χ0) is 15.2. The summed E-state index contributed by atoms with van der Waals surface area (Å²) < 4.78 is 5.08. The number of benzene rings is 2. The summed E-state index contributed by atoms with van der Waals surface area (Å²) in [5, 5.41) is 10.8. The summed E-state index contributed by atoms with van der Waals surface area (Å²) in [5.74, 6) is 0.758. The van der Waals surface area contributed by atoms with E-state index in [9.17, 15) is 10.1 Å². The van der Waals surface area contributed by atoms with Crippen molar-refractivity contribution in [1.82, 2.24) is 0 Å². The van der Waals surface area contributed by atoms with Gasteiger partial charge in [0.1, 0.15) is 5.75 Å². The predicted octanol–water partition coefficient (Wildman–Crippen LogP) is 4.08. The maximum absolute atomic E-state index is 10.8. The second-order valence-electron chi connectivity index (χ2n) is 4.14. The van der Waals surface area contributed by atoms with Crippen molar-refractivity contribution in [2.45, 2.75) is 4.90 Å². The molecular formula is C15H14N2O3S. The summed E-state index contributed by atoms with van der Waals surface area (Å²) in [6.45, 7) is 0. The van der Waals surface area contributed by atoms with E-state index in [2.05, 4.69) is 4.99 Å². The van der Waals surface area contributed by atoms with Gasteiger partial charge in [0.25, 0.3) is 5.69 Å². The third-order valence-corrected chi connectivity index (χ3v) is 3.66. The number of nitro groups is 1. The van der Waals surface area contributed by atoms with Gasteiger partial charge in [-0.05, 0) is 36.6 Å². The van der Waals surface area contributed by atoms with Crippen molar-refractivity contribution in [3.63, 3.8) is 0 Å². The van der Waals surface area contributed by atoms with Crippen LogP contribution in [0.4, 0.5) is 11.4 Å². The highest BCUT2D eigenvalue weighted by Gasteiger charge is 2.08. The van der Waals surface area contributed by atoms with Crippen LogP contribution in [0.5, 0.6) is 5.75 Å². The highest BCUT2D eigenvalue weighted by atomic mass is 32.2. The van der Waals surface area contributed by atoms with Crippen molar-refractivity contribution in [1.29, 1.82) is 0 Å². The van der Waals surface area contributed by atoms with Gasteiger partial charge in [-0.2, -0.15) is 0 Å². The van der Waals surface area contributed by atoms with E-state index in [1.807, 2.05) is 30.5 Å². The summed E-state index contributed by atoms with van der Waals surface area (Å²) in [5.41, 5.74) is 1.55. The lowest BCUT2D eigenvalue weighted by molar-refractivity contribution is -0.384. The standard InChI is InChI=1S/C15H14N2O3S/c1-20-14-6-3-12(4-7-14)16-10-11-9-13(17(18)19)5-8-15(11)21-2/h3-10H,1-2H3. The molecule has 0 fully saturated rings. The van der Waals surface area contributed by atoms with Gasteiger partial charge >= 0.3 is 0 Å². The topological polar surface area (TPSA) is 64.7 Å². The maximum atomic E-state index is 10.8. The molecule has 0 spiro atoms. The number of thioether (sulfide) groups is 1. The van der Waals surface area contributed by atoms with Gasteiger partial charge in [-0.25, -0.2) is 0 Å². The Morgan fingerprint density at radius 1 is 1.24 bits per heavy atom. The number of ether oxygens (including phenoxy) is 1. The van der Waals surface area contributed by atoms with E-state index in [0.717, 1.165) is 21.9 Å². The molecule has 2 aromatic carbocycles. The minimum Gasteiger partial charge on any atom is -0.497 e. The second kappa shape index (κ2) is 6.90. The number of hydrogen-bond acceptors (Lipinski definition) is 5. The molecule has 0 heterocycles. The molecular weight excluding hydrogens is 288 g/mol. The fourth-order valence-corrected chi connectivity index (χ4v) is 2.30. The summed E-state index contributed by atoms with van der Waals surface area (Å²) in [4.78, 5) is 15.7. The van der Waals surface area contributed by atoms with Crippen molar-refractivity contribution < 1.29 is 9.66 Å². The van der Waals surface area contributed by atoms with Crippen LogP contribution in [-0.4, -0.2) is 24.5 Å². The van der Waals surface area contributed by atoms with Gasteiger partial charge in [0, 0.05) is 28.8 Å². The van der Waals surface area contributed by atoms with Crippen molar-refractivity contribution in [3.8, 4) is 5.75 Å². The van der Waals surface area contributed by atoms with E-state index < -0.39 is 4.92 Å². The van der Waals surface area contributed by atoms with Crippen LogP contribution >= 0.6 is 11.8 Å². The van der Waals surface area contributed by atoms with Crippen molar-refractivity contribution >= 4 is 29.4 Å². The Labute approximate surface area is 126 Å². The molecule has 0 atom stereocenters. The number of nitro benzene ring substituents is 1. The molecule has 0 aliphatic heterocycles. The first-order valence-corrected chi connectivity index (χ1v) is 7.37. The van der Waals surface area contributed by atoms with Crippen LogP contribution in [-0.2, 0) is 0 Å². The molecule has 0 N–H and O–H groups in total. The Bertz CT molecular complexity index is 669. The molecule has 0 unspecified atom stereocenters. The van der Waals surface area contributed by atoms with Crippen LogP contribution in [0.15, 0.2) is 52.4 Å². The summed E-state index contributed by atoms with van der Waals surface area (Å²) in [6, 6.07) is 12.0. The Balaban J connectivity index is 2.29. The van der Waals surface area contributed by atoms with Gasteiger partial charge in [-0.1, -0.05) is 0 Å². The average Bonchev–Trinajstić information content (AvgIpc) is 2.53. The predicted molar refractivity (Wildman–Crippen MR) is 85.1 cm³/mol. The Kier molecular flexibility index (Phi) is 4.94. The van der Waals surface area contributed by atoms with Crippen LogP contribution in [0.1, 0.15) is 5.56 Å². The number of rotatable bonds is 5. The van der Waals surface area contributed by atoms with Crippen LogP contribution in [0, 0.1) is 10.1 Å². The van der Waals surface area contributed by atoms with E-state index >= 15 is 0 Å². The Morgan fingerprint density at radius 2 is 1.95 bits per heavy atom. The van der Waals surface area contributed by atoms with Gasteiger partial charge in [-0.3, -0.25) is 15.1 Å². The van der Waals surface area contributed by atoms with Gasteiger partial charge in [0.2, 0.25) is 0 Å². The molecule has 108 valence electrons. The smallest absolute Gasteiger partial charge is 0.270 e. The van der Waals surface area contributed by atoms with Crippen LogP contribution in [0.25, 0.3) is 0 Å². The number of methoxy groups -OCH3 is 1. The molecule has 21 heavy (non-hydrogen) atoms. The first-order chi connectivity index (χ1) is 10.1. The molecule has 0 radical (unpaired) electrons. The van der Waals surface area contributed by atoms with Gasteiger partial charge in [0.05, 0.1) is 17.7 Å². The van der Waals surface area contributed by atoms with Crippen LogP contribution in [0.2, 0.25) is 0 Å². The van der Waals surface area contributed by atoms with Gasteiger partial charge in [0.15, 0.2) is 0 Å². The largest absolute Gasteiger partial charge is 0.497 e. The van der Waals surface area contributed by atoms with E-state index in [1.165, 1.54) is 23.9 Å². The Hall–Kier alpha value is -2.34. The molecule has 2 aromatic rings. The summed E-state index contributed by atoms with van der Waals surface area (Å²) in [6.07, 6.45) is 3.56.